The van der Waals surface area contributed by atoms with Gasteiger partial charge >= 0.3 is 0 Å². The Hall–Kier alpha value is -0.660. The van der Waals surface area contributed by atoms with Crippen LogP contribution in [0.4, 0.5) is 0 Å². The van der Waals surface area contributed by atoms with E-state index in [4.69, 9.17) is 16.3 Å². The van der Waals surface area contributed by atoms with Gasteiger partial charge in [-0.2, -0.15) is 0 Å². The van der Waals surface area contributed by atoms with Crippen molar-refractivity contribution < 1.29 is 13.2 Å². The van der Waals surface area contributed by atoms with Crippen molar-refractivity contribution in [3.8, 4) is 0 Å². The Kier molecular flexibility index (Phi) is 5.27. The van der Waals surface area contributed by atoms with Crippen LogP contribution in [0.2, 0.25) is 5.02 Å². The lowest BCUT2D eigenvalue weighted by Gasteiger charge is -2.33. The Morgan fingerprint density at radius 1 is 1.43 bits per heavy atom. The molecule has 1 saturated heterocycles. The molecule has 1 aliphatic heterocycles. The second kappa shape index (κ2) is 6.62. The molecule has 1 unspecified atom stereocenters. The number of sulfonamides is 1. The van der Waals surface area contributed by atoms with E-state index in [2.05, 4.69) is 10.0 Å². The third-order valence-corrected chi connectivity index (χ3v) is 5.51. The summed E-state index contributed by atoms with van der Waals surface area (Å²) in [5.74, 6) is 0. The molecule has 0 bridgehead atoms. The molecule has 1 aromatic rings. The summed E-state index contributed by atoms with van der Waals surface area (Å²) in [5.41, 5.74) is 0.304. The van der Waals surface area contributed by atoms with Crippen molar-refractivity contribution in [1.82, 2.24) is 10.0 Å². The number of rotatable bonds is 5. The first-order valence-corrected chi connectivity index (χ1v) is 8.77. The highest BCUT2D eigenvalue weighted by molar-refractivity contribution is 7.89. The molecule has 0 aromatic heterocycles. The van der Waals surface area contributed by atoms with Crippen LogP contribution in [0.25, 0.3) is 0 Å². The van der Waals surface area contributed by atoms with Crippen LogP contribution in [-0.2, 0) is 21.3 Å². The summed E-state index contributed by atoms with van der Waals surface area (Å²) in [7, 11) is -1.80. The van der Waals surface area contributed by atoms with Crippen LogP contribution in [0.5, 0.6) is 0 Å². The maximum atomic E-state index is 12.5. The number of hydrogen-bond acceptors (Lipinski definition) is 4. The Balaban J connectivity index is 2.21. The molecular formula is C14H21ClN2O3S. The van der Waals surface area contributed by atoms with E-state index < -0.39 is 15.6 Å². The van der Waals surface area contributed by atoms with E-state index in [1.54, 1.807) is 12.1 Å². The monoisotopic (exact) mass is 332 g/mol. The Labute approximate surface area is 131 Å². The predicted molar refractivity (Wildman–Crippen MR) is 83.0 cm³/mol. The van der Waals surface area contributed by atoms with Gasteiger partial charge in [0.1, 0.15) is 0 Å². The molecule has 0 amide bonds. The van der Waals surface area contributed by atoms with Crippen molar-refractivity contribution in [2.45, 2.75) is 36.7 Å². The van der Waals surface area contributed by atoms with E-state index in [1.807, 2.05) is 14.0 Å². The van der Waals surface area contributed by atoms with E-state index in [-0.39, 0.29) is 4.90 Å². The largest absolute Gasteiger partial charge is 0.380 e. The molecule has 2 N–H and O–H groups in total. The van der Waals surface area contributed by atoms with Crippen molar-refractivity contribution in [3.63, 3.8) is 0 Å². The van der Waals surface area contributed by atoms with Crippen molar-refractivity contribution in [3.05, 3.63) is 28.8 Å². The molecular weight excluding hydrogens is 312 g/mol. The zero-order valence-corrected chi connectivity index (χ0v) is 13.9. The van der Waals surface area contributed by atoms with E-state index >= 15 is 0 Å². The maximum Gasteiger partial charge on any atom is 0.241 e. The van der Waals surface area contributed by atoms with Crippen molar-refractivity contribution in [1.29, 1.82) is 0 Å². The fraction of sp³-hybridized carbons (Fsp3) is 0.571. The molecule has 1 aliphatic rings. The third kappa shape index (κ3) is 4.17. The number of hydrogen-bond donors (Lipinski definition) is 2. The van der Waals surface area contributed by atoms with Gasteiger partial charge in [0.2, 0.25) is 10.0 Å². The third-order valence-electron chi connectivity index (χ3n) is 3.52. The van der Waals surface area contributed by atoms with Gasteiger partial charge in [0.25, 0.3) is 0 Å². The maximum absolute atomic E-state index is 12.5. The molecule has 1 aromatic carbocycles. The first-order chi connectivity index (χ1) is 9.86. The average molecular weight is 333 g/mol. The molecule has 0 saturated carbocycles. The summed E-state index contributed by atoms with van der Waals surface area (Å²) in [6.07, 6.45) is 1.61. The lowest BCUT2D eigenvalue weighted by atomic mass is 9.97. The van der Waals surface area contributed by atoms with Gasteiger partial charge in [-0.3, -0.25) is 0 Å². The Morgan fingerprint density at radius 3 is 2.76 bits per heavy atom. The summed E-state index contributed by atoms with van der Waals surface area (Å²) in [6, 6.07) is 4.80. The molecule has 0 spiro atoms. The fourth-order valence-electron chi connectivity index (χ4n) is 2.43. The highest BCUT2D eigenvalue weighted by Gasteiger charge is 2.33. The number of ether oxygens (including phenoxy) is 1. The SMILES string of the molecule is CNCc1ccc(S(=O)(=O)NC2(C)CCCOC2)cc1Cl. The molecule has 1 fully saturated rings. The highest BCUT2D eigenvalue weighted by Crippen LogP contribution is 2.24. The number of halogens is 1. The summed E-state index contributed by atoms with van der Waals surface area (Å²) in [4.78, 5) is 0.180. The van der Waals surface area contributed by atoms with E-state index in [0.717, 1.165) is 18.4 Å². The second-order valence-electron chi connectivity index (χ2n) is 5.61. The Morgan fingerprint density at radius 2 is 2.19 bits per heavy atom. The molecule has 5 nitrogen and oxygen atoms in total. The minimum atomic E-state index is -3.61. The van der Waals surface area contributed by atoms with Crippen LogP contribution < -0.4 is 10.0 Å². The van der Waals surface area contributed by atoms with Crippen LogP contribution in [0.3, 0.4) is 0 Å². The lowest BCUT2D eigenvalue weighted by Crippen LogP contribution is -2.51. The summed E-state index contributed by atoms with van der Waals surface area (Å²) < 4.78 is 33.1. The molecule has 7 heteroatoms. The predicted octanol–water partition coefficient (Wildman–Crippen LogP) is 1.91. The zero-order valence-electron chi connectivity index (χ0n) is 12.3. The molecule has 1 heterocycles. The van der Waals surface area contributed by atoms with Gasteiger partial charge in [-0.15, -0.1) is 0 Å². The van der Waals surface area contributed by atoms with Gasteiger partial charge in [0.05, 0.1) is 17.0 Å². The van der Waals surface area contributed by atoms with Gasteiger partial charge < -0.3 is 10.1 Å². The molecule has 118 valence electrons. The molecule has 1 atom stereocenters. The quantitative estimate of drug-likeness (QED) is 0.864. The van der Waals surface area contributed by atoms with Crippen LogP contribution in [0.15, 0.2) is 23.1 Å². The van der Waals surface area contributed by atoms with Crippen molar-refractivity contribution in [2.24, 2.45) is 0 Å². The number of benzene rings is 1. The van der Waals surface area contributed by atoms with Crippen LogP contribution in [-0.4, -0.2) is 34.2 Å². The van der Waals surface area contributed by atoms with Gasteiger partial charge in [0, 0.05) is 18.2 Å². The summed E-state index contributed by atoms with van der Waals surface area (Å²) in [5, 5.41) is 3.43. The van der Waals surface area contributed by atoms with Crippen LogP contribution >= 0.6 is 11.6 Å². The number of nitrogens with one attached hydrogen (secondary N) is 2. The van der Waals surface area contributed by atoms with Crippen molar-refractivity contribution >= 4 is 21.6 Å². The van der Waals surface area contributed by atoms with Gasteiger partial charge in [-0.25, -0.2) is 13.1 Å². The normalized spacial score (nSPS) is 23.2. The molecule has 0 radical (unpaired) electrons. The van der Waals surface area contributed by atoms with Crippen LogP contribution in [0, 0.1) is 0 Å². The zero-order chi connectivity index (χ0) is 15.5. The first kappa shape index (κ1) is 16.7. The lowest BCUT2D eigenvalue weighted by molar-refractivity contribution is 0.0386. The first-order valence-electron chi connectivity index (χ1n) is 6.91. The topological polar surface area (TPSA) is 67.4 Å². The van der Waals surface area contributed by atoms with Gasteiger partial charge in [-0.1, -0.05) is 17.7 Å². The standard InChI is InChI=1S/C14H21ClN2O3S/c1-14(6-3-7-20-10-14)17-21(18,19)12-5-4-11(9-16-2)13(15)8-12/h4-5,8,16-17H,3,6-7,9-10H2,1-2H3. The minimum Gasteiger partial charge on any atom is -0.380 e. The molecule has 21 heavy (non-hydrogen) atoms. The van der Waals surface area contributed by atoms with Gasteiger partial charge in [0.15, 0.2) is 0 Å². The van der Waals surface area contributed by atoms with Gasteiger partial charge in [-0.05, 0) is 44.5 Å². The highest BCUT2D eigenvalue weighted by atomic mass is 35.5. The summed E-state index contributed by atoms with van der Waals surface area (Å²) >= 11 is 6.13. The second-order valence-corrected chi connectivity index (χ2v) is 7.70. The van der Waals surface area contributed by atoms with Crippen LogP contribution in [0.1, 0.15) is 25.3 Å². The van der Waals surface area contributed by atoms with E-state index in [1.165, 1.54) is 6.07 Å². The average Bonchev–Trinajstić information content (AvgIpc) is 2.41. The van der Waals surface area contributed by atoms with E-state index in [0.29, 0.717) is 24.8 Å². The molecule has 0 aliphatic carbocycles. The van der Waals surface area contributed by atoms with E-state index in [9.17, 15) is 8.42 Å². The summed E-state index contributed by atoms with van der Waals surface area (Å²) in [6.45, 7) is 3.53. The fourth-order valence-corrected chi connectivity index (χ4v) is 4.19. The van der Waals surface area contributed by atoms with Crippen molar-refractivity contribution in [2.75, 3.05) is 20.3 Å². The minimum absolute atomic E-state index is 0.180. The smallest absolute Gasteiger partial charge is 0.241 e. The molecule has 2 rings (SSSR count). The Bertz CT molecular complexity index is 598.